The van der Waals surface area contributed by atoms with Crippen molar-refractivity contribution in [1.82, 2.24) is 10.2 Å². The van der Waals surface area contributed by atoms with E-state index < -0.39 is 22.6 Å². The number of likely N-dealkylation sites (tertiary alicyclic amines) is 1. The summed E-state index contributed by atoms with van der Waals surface area (Å²) in [6.45, 7) is 6.76. The van der Waals surface area contributed by atoms with Gasteiger partial charge in [-0.15, -0.1) is 11.8 Å². The van der Waals surface area contributed by atoms with Crippen molar-refractivity contribution in [3.8, 4) is 0 Å². The highest BCUT2D eigenvalue weighted by molar-refractivity contribution is 8.02. The zero-order valence-electron chi connectivity index (χ0n) is 19.0. The maximum absolute atomic E-state index is 13.7. The number of hydrogen-bond acceptors (Lipinski definition) is 5. The molecule has 2 unspecified atom stereocenters. The zero-order valence-corrected chi connectivity index (χ0v) is 19.8. The Kier molecular flexibility index (Phi) is 6.54. The number of rotatable bonds is 8. The van der Waals surface area contributed by atoms with E-state index in [4.69, 9.17) is 0 Å². The minimum absolute atomic E-state index is 0.0527. The molecular formula is C24H33N3O4S. The average Bonchev–Trinajstić information content (AvgIpc) is 3.40. The molecule has 4 rings (SSSR count). The second kappa shape index (κ2) is 9.06. The molecule has 3 saturated heterocycles. The zero-order chi connectivity index (χ0) is 23.0. The van der Waals surface area contributed by atoms with E-state index in [0.29, 0.717) is 19.5 Å². The summed E-state index contributed by atoms with van der Waals surface area (Å²) >= 11 is 1.67. The third-order valence-electron chi connectivity index (χ3n) is 7.19. The number of thioether (sulfide) groups is 1. The van der Waals surface area contributed by atoms with Crippen LogP contribution in [0.3, 0.4) is 0 Å². The van der Waals surface area contributed by atoms with Crippen molar-refractivity contribution in [3.05, 3.63) is 29.3 Å². The SMILES string of the molecule is CCCNC(=O)[C@@H]1[C@H]2C(=O)N(CCCO)C(C(=O)Nc3c(C)cccc3C)C23CC[C@H]1S3. The first kappa shape index (κ1) is 23.1. The Morgan fingerprint density at radius 1 is 1.25 bits per heavy atom. The Bertz CT molecular complexity index is 902. The van der Waals surface area contributed by atoms with Gasteiger partial charge in [-0.1, -0.05) is 25.1 Å². The number of aliphatic hydroxyl groups is 1. The largest absolute Gasteiger partial charge is 0.396 e. The van der Waals surface area contributed by atoms with Gasteiger partial charge in [-0.25, -0.2) is 0 Å². The molecule has 3 amide bonds. The number of carbonyl (C=O) groups is 3. The second-order valence-corrected chi connectivity index (χ2v) is 10.8. The van der Waals surface area contributed by atoms with Crippen molar-refractivity contribution in [1.29, 1.82) is 0 Å². The van der Waals surface area contributed by atoms with Crippen LogP contribution in [0.15, 0.2) is 18.2 Å². The molecule has 0 aromatic heterocycles. The minimum Gasteiger partial charge on any atom is -0.396 e. The Balaban J connectivity index is 1.68. The number of hydrogen-bond donors (Lipinski definition) is 3. The fraction of sp³-hybridized carbons (Fsp3) is 0.625. The van der Waals surface area contributed by atoms with Gasteiger partial charge in [0.15, 0.2) is 0 Å². The van der Waals surface area contributed by atoms with Crippen LogP contribution in [0.25, 0.3) is 0 Å². The van der Waals surface area contributed by atoms with Gasteiger partial charge >= 0.3 is 0 Å². The molecule has 1 aromatic carbocycles. The van der Waals surface area contributed by atoms with Crippen LogP contribution in [-0.2, 0) is 14.4 Å². The maximum Gasteiger partial charge on any atom is 0.248 e. The minimum atomic E-state index is -0.649. The van der Waals surface area contributed by atoms with Gasteiger partial charge in [-0.3, -0.25) is 14.4 Å². The van der Waals surface area contributed by atoms with Crippen LogP contribution in [0.5, 0.6) is 0 Å². The van der Waals surface area contributed by atoms with E-state index in [1.807, 2.05) is 39.0 Å². The molecule has 3 N–H and O–H groups in total. The molecule has 3 heterocycles. The molecule has 3 aliphatic rings. The highest BCUT2D eigenvalue weighted by atomic mass is 32.2. The molecule has 0 aliphatic carbocycles. The van der Waals surface area contributed by atoms with Gasteiger partial charge in [-0.05, 0) is 50.7 Å². The molecule has 1 spiro atoms. The molecule has 32 heavy (non-hydrogen) atoms. The summed E-state index contributed by atoms with van der Waals surface area (Å²) < 4.78 is -0.591. The normalized spacial score (nSPS) is 30.5. The molecule has 174 valence electrons. The lowest BCUT2D eigenvalue weighted by Crippen LogP contribution is -2.52. The van der Waals surface area contributed by atoms with Crippen molar-refractivity contribution in [2.75, 3.05) is 25.0 Å². The molecule has 1 aromatic rings. The van der Waals surface area contributed by atoms with E-state index in [2.05, 4.69) is 10.6 Å². The number of aryl methyl sites for hydroxylation is 2. The summed E-state index contributed by atoms with van der Waals surface area (Å²) in [5.41, 5.74) is 2.72. The van der Waals surface area contributed by atoms with Gasteiger partial charge in [0.1, 0.15) is 6.04 Å². The second-order valence-electron chi connectivity index (χ2n) is 9.21. The Labute approximate surface area is 193 Å². The highest BCUT2D eigenvalue weighted by Gasteiger charge is 2.73. The predicted octanol–water partition coefficient (Wildman–Crippen LogP) is 2.24. The Hall–Kier alpha value is -2.06. The number of aliphatic hydroxyl groups excluding tert-OH is 1. The monoisotopic (exact) mass is 459 g/mol. The van der Waals surface area contributed by atoms with Gasteiger partial charge in [0.25, 0.3) is 0 Å². The number of para-hydroxylation sites is 1. The van der Waals surface area contributed by atoms with Crippen molar-refractivity contribution in [2.45, 2.75) is 62.5 Å². The van der Waals surface area contributed by atoms with Crippen LogP contribution in [0.1, 0.15) is 43.7 Å². The van der Waals surface area contributed by atoms with Crippen LogP contribution in [0, 0.1) is 25.7 Å². The number of nitrogens with one attached hydrogen (secondary N) is 2. The smallest absolute Gasteiger partial charge is 0.248 e. The summed E-state index contributed by atoms with van der Waals surface area (Å²) in [6.07, 6.45) is 2.82. The molecule has 7 nitrogen and oxygen atoms in total. The lowest BCUT2D eigenvalue weighted by Gasteiger charge is -2.34. The third kappa shape index (κ3) is 3.61. The average molecular weight is 460 g/mol. The molecule has 3 fully saturated rings. The van der Waals surface area contributed by atoms with Gasteiger partial charge in [0.2, 0.25) is 17.7 Å². The van der Waals surface area contributed by atoms with Gasteiger partial charge in [0.05, 0.1) is 16.6 Å². The van der Waals surface area contributed by atoms with Crippen LogP contribution < -0.4 is 10.6 Å². The highest BCUT2D eigenvalue weighted by Crippen LogP contribution is 2.66. The molecular weight excluding hydrogens is 426 g/mol. The standard InChI is InChI=1S/C24H33N3O4S/c1-4-11-25-21(29)17-16-9-10-24(32-16)18(17)23(31)27(12-6-13-28)20(24)22(30)26-19-14(2)7-5-8-15(19)3/h5,7-8,16-18,20,28H,4,6,9-13H2,1-3H3,(H,25,29)(H,26,30)/t16-,17+,18+,20?,24?/m1/s1. The molecule has 8 heteroatoms. The summed E-state index contributed by atoms with van der Waals surface area (Å²) in [5.74, 6) is -1.27. The van der Waals surface area contributed by atoms with E-state index in [0.717, 1.165) is 36.1 Å². The fourth-order valence-electron chi connectivity index (χ4n) is 5.80. The summed E-state index contributed by atoms with van der Waals surface area (Å²) in [4.78, 5) is 42.0. The summed E-state index contributed by atoms with van der Waals surface area (Å²) in [7, 11) is 0. The van der Waals surface area contributed by atoms with Crippen molar-refractivity contribution in [3.63, 3.8) is 0 Å². The molecule has 5 atom stereocenters. The van der Waals surface area contributed by atoms with Crippen molar-refractivity contribution < 1.29 is 19.5 Å². The lowest BCUT2D eigenvalue weighted by molar-refractivity contribution is -0.139. The summed E-state index contributed by atoms with van der Waals surface area (Å²) in [6, 6.07) is 5.22. The number of carbonyl (C=O) groups excluding carboxylic acids is 3. The van der Waals surface area contributed by atoms with Crippen LogP contribution >= 0.6 is 11.8 Å². The number of benzene rings is 1. The van der Waals surface area contributed by atoms with Crippen LogP contribution in [-0.4, -0.2) is 63.5 Å². The number of anilines is 1. The Morgan fingerprint density at radius 3 is 2.62 bits per heavy atom. The van der Waals surface area contributed by atoms with E-state index in [9.17, 15) is 19.5 Å². The summed E-state index contributed by atoms with van der Waals surface area (Å²) in [5, 5.41) is 15.6. The van der Waals surface area contributed by atoms with Crippen molar-refractivity contribution in [2.24, 2.45) is 11.8 Å². The van der Waals surface area contributed by atoms with Gasteiger partial charge in [0, 0.05) is 30.6 Å². The molecule has 0 radical (unpaired) electrons. The van der Waals surface area contributed by atoms with E-state index in [1.165, 1.54) is 0 Å². The van der Waals surface area contributed by atoms with Gasteiger partial charge in [-0.2, -0.15) is 0 Å². The lowest BCUT2D eigenvalue weighted by atomic mass is 9.70. The first-order chi connectivity index (χ1) is 15.4. The number of fused-ring (bicyclic) bond motifs is 1. The maximum atomic E-state index is 13.7. The van der Waals surface area contributed by atoms with E-state index >= 15 is 0 Å². The third-order valence-corrected chi connectivity index (χ3v) is 9.14. The van der Waals surface area contributed by atoms with Gasteiger partial charge < -0.3 is 20.6 Å². The predicted molar refractivity (Wildman–Crippen MR) is 125 cm³/mol. The fourth-order valence-corrected chi connectivity index (χ4v) is 8.02. The van der Waals surface area contributed by atoms with Crippen molar-refractivity contribution >= 4 is 35.2 Å². The molecule has 3 aliphatic heterocycles. The number of amides is 3. The molecule has 0 saturated carbocycles. The quantitative estimate of drug-likeness (QED) is 0.554. The number of nitrogens with zero attached hydrogens (tertiary/aromatic N) is 1. The van der Waals surface area contributed by atoms with E-state index in [-0.39, 0.29) is 29.6 Å². The Morgan fingerprint density at radius 2 is 1.97 bits per heavy atom. The van der Waals surface area contributed by atoms with E-state index in [1.54, 1.807) is 16.7 Å². The molecule has 2 bridgehead atoms. The van der Waals surface area contributed by atoms with Crippen LogP contribution in [0.2, 0.25) is 0 Å². The topological polar surface area (TPSA) is 98.7 Å². The first-order valence-electron chi connectivity index (χ1n) is 11.6. The first-order valence-corrected chi connectivity index (χ1v) is 12.5. The van der Waals surface area contributed by atoms with Crippen LogP contribution in [0.4, 0.5) is 5.69 Å².